The molecule has 1 aromatic rings. The Kier molecular flexibility index (Phi) is 3.17. The summed E-state index contributed by atoms with van der Waals surface area (Å²) in [5, 5.41) is 19.4. The fraction of sp³-hybridized carbons (Fsp3) is 0.250. The monoisotopic (exact) mass is 224 g/mol. The van der Waals surface area contributed by atoms with Gasteiger partial charge in [-0.1, -0.05) is 6.07 Å². The Morgan fingerprint density at radius 1 is 1.50 bits per heavy atom. The van der Waals surface area contributed by atoms with Gasteiger partial charge in [0.1, 0.15) is 5.76 Å². The lowest BCUT2D eigenvalue weighted by Gasteiger charge is -2.10. The third kappa shape index (κ3) is 2.74. The van der Waals surface area contributed by atoms with Crippen LogP contribution >= 0.6 is 11.3 Å². The number of hydrogen-bond donors (Lipinski definition) is 2. The molecule has 0 saturated carbocycles. The summed E-state index contributed by atoms with van der Waals surface area (Å²) in [7, 11) is 0. The molecule has 78 valence electrons. The van der Waals surface area contributed by atoms with Crippen LogP contribution in [0.2, 0.25) is 0 Å². The van der Waals surface area contributed by atoms with E-state index in [-0.39, 0.29) is 4.88 Å². The van der Waals surface area contributed by atoms with E-state index in [4.69, 9.17) is 10.2 Å². The second-order valence-electron chi connectivity index (χ2n) is 2.52. The fourth-order valence-electron chi connectivity index (χ4n) is 0.750. The van der Waals surface area contributed by atoms with Crippen LogP contribution in [-0.4, -0.2) is 22.5 Å². The van der Waals surface area contributed by atoms with Gasteiger partial charge in [0.15, 0.2) is 6.10 Å². The number of halogens is 3. The standard InChI is InChI=1S/C8H7F3O2S/c9-8(10,11)7(13)4-5(12)6-2-1-3-14-6/h1-4,7,12-13H. The number of alkyl halides is 3. The Labute approximate surface area is 81.9 Å². The highest BCUT2D eigenvalue weighted by molar-refractivity contribution is 7.11. The maximum absolute atomic E-state index is 11.8. The van der Waals surface area contributed by atoms with E-state index in [0.29, 0.717) is 6.08 Å². The second kappa shape index (κ2) is 4.02. The lowest BCUT2D eigenvalue weighted by molar-refractivity contribution is -0.187. The van der Waals surface area contributed by atoms with Crippen LogP contribution in [0.15, 0.2) is 23.6 Å². The number of thiophene rings is 1. The summed E-state index contributed by atoms with van der Waals surface area (Å²) in [5.74, 6) is -0.565. The predicted molar refractivity (Wildman–Crippen MR) is 47.0 cm³/mol. The van der Waals surface area contributed by atoms with Gasteiger partial charge in [0.2, 0.25) is 0 Å². The van der Waals surface area contributed by atoms with E-state index < -0.39 is 18.0 Å². The molecule has 6 heteroatoms. The van der Waals surface area contributed by atoms with Gasteiger partial charge < -0.3 is 10.2 Å². The zero-order chi connectivity index (χ0) is 10.8. The van der Waals surface area contributed by atoms with Gasteiger partial charge in [-0.3, -0.25) is 0 Å². The Morgan fingerprint density at radius 3 is 2.57 bits per heavy atom. The lowest BCUT2D eigenvalue weighted by atomic mass is 10.2. The van der Waals surface area contributed by atoms with Crippen LogP contribution in [0.4, 0.5) is 13.2 Å². The van der Waals surface area contributed by atoms with E-state index in [2.05, 4.69) is 0 Å². The summed E-state index contributed by atoms with van der Waals surface area (Å²) in [6.07, 6.45) is -7.01. The largest absolute Gasteiger partial charge is 0.507 e. The Morgan fingerprint density at radius 2 is 2.14 bits per heavy atom. The van der Waals surface area contributed by atoms with Crippen molar-refractivity contribution in [3.05, 3.63) is 28.5 Å². The number of aliphatic hydroxyl groups is 2. The molecule has 0 aliphatic rings. The first-order valence-electron chi connectivity index (χ1n) is 3.60. The highest BCUT2D eigenvalue weighted by Crippen LogP contribution is 2.24. The summed E-state index contributed by atoms with van der Waals surface area (Å²) in [6.45, 7) is 0. The molecule has 1 atom stereocenters. The van der Waals surface area contributed by atoms with Crippen molar-refractivity contribution in [1.29, 1.82) is 0 Å². The highest BCUT2D eigenvalue weighted by atomic mass is 32.1. The van der Waals surface area contributed by atoms with Crippen molar-refractivity contribution in [1.82, 2.24) is 0 Å². The summed E-state index contributed by atoms with van der Waals surface area (Å²) in [6, 6.07) is 3.05. The van der Waals surface area contributed by atoms with Gasteiger partial charge >= 0.3 is 6.18 Å². The molecule has 0 saturated heterocycles. The Bertz CT molecular complexity index is 316. The molecular formula is C8H7F3O2S. The minimum atomic E-state index is -4.74. The van der Waals surface area contributed by atoms with E-state index in [0.717, 1.165) is 11.3 Å². The zero-order valence-corrected chi connectivity index (χ0v) is 7.64. The molecule has 2 N–H and O–H groups in total. The van der Waals surface area contributed by atoms with Crippen molar-refractivity contribution >= 4 is 17.1 Å². The first kappa shape index (κ1) is 11.1. The first-order valence-corrected chi connectivity index (χ1v) is 4.48. The predicted octanol–water partition coefficient (Wildman–Crippen LogP) is 2.57. The molecule has 0 aliphatic heterocycles. The quantitative estimate of drug-likeness (QED) is 0.758. The molecule has 1 unspecified atom stereocenters. The van der Waals surface area contributed by atoms with Crippen molar-refractivity contribution in [2.24, 2.45) is 0 Å². The Hall–Kier alpha value is -1.01. The summed E-state index contributed by atoms with van der Waals surface area (Å²) in [5.41, 5.74) is 0. The van der Waals surface area contributed by atoms with Crippen LogP contribution in [0, 0.1) is 0 Å². The number of rotatable bonds is 2. The lowest BCUT2D eigenvalue weighted by Crippen LogP contribution is -2.26. The molecule has 1 rings (SSSR count). The van der Waals surface area contributed by atoms with Crippen LogP contribution in [0.1, 0.15) is 4.88 Å². The van der Waals surface area contributed by atoms with Crippen molar-refractivity contribution in [2.75, 3.05) is 0 Å². The van der Waals surface area contributed by atoms with Gasteiger partial charge in [-0.05, 0) is 17.5 Å². The molecule has 0 radical (unpaired) electrons. The molecule has 2 nitrogen and oxygen atoms in total. The zero-order valence-electron chi connectivity index (χ0n) is 6.82. The minimum Gasteiger partial charge on any atom is -0.507 e. The average molecular weight is 224 g/mol. The maximum Gasteiger partial charge on any atom is 0.418 e. The van der Waals surface area contributed by atoms with Crippen molar-refractivity contribution in [3.8, 4) is 0 Å². The third-order valence-electron chi connectivity index (χ3n) is 1.42. The first-order chi connectivity index (χ1) is 6.41. The van der Waals surface area contributed by atoms with Crippen molar-refractivity contribution in [3.63, 3.8) is 0 Å². The molecule has 0 aromatic carbocycles. The molecule has 0 amide bonds. The van der Waals surface area contributed by atoms with E-state index in [1.165, 1.54) is 6.07 Å². The SMILES string of the molecule is OC(=CC(O)C(F)(F)F)c1cccs1. The maximum atomic E-state index is 11.8. The minimum absolute atomic E-state index is 0.285. The topological polar surface area (TPSA) is 40.5 Å². The van der Waals surface area contributed by atoms with Gasteiger partial charge in [-0.15, -0.1) is 11.3 Å². The van der Waals surface area contributed by atoms with E-state index in [1.54, 1.807) is 11.4 Å². The molecule has 0 aliphatic carbocycles. The fourth-order valence-corrected chi connectivity index (χ4v) is 1.40. The van der Waals surface area contributed by atoms with Crippen LogP contribution in [0.3, 0.4) is 0 Å². The van der Waals surface area contributed by atoms with Gasteiger partial charge in [-0.2, -0.15) is 13.2 Å². The summed E-state index contributed by atoms with van der Waals surface area (Å²) in [4.78, 5) is 0.285. The molecular weight excluding hydrogens is 217 g/mol. The van der Waals surface area contributed by atoms with Crippen LogP contribution < -0.4 is 0 Å². The van der Waals surface area contributed by atoms with E-state index in [1.807, 2.05) is 0 Å². The van der Waals surface area contributed by atoms with Crippen molar-refractivity contribution in [2.45, 2.75) is 12.3 Å². The Balaban J connectivity index is 2.79. The van der Waals surface area contributed by atoms with Gasteiger partial charge in [-0.25, -0.2) is 0 Å². The second-order valence-corrected chi connectivity index (χ2v) is 3.46. The number of hydrogen-bond acceptors (Lipinski definition) is 3. The average Bonchev–Trinajstić information content (AvgIpc) is 2.53. The van der Waals surface area contributed by atoms with Crippen LogP contribution in [-0.2, 0) is 0 Å². The molecule has 1 heterocycles. The molecule has 1 aromatic heterocycles. The van der Waals surface area contributed by atoms with Crippen molar-refractivity contribution < 1.29 is 23.4 Å². The molecule has 0 bridgehead atoms. The van der Waals surface area contributed by atoms with E-state index in [9.17, 15) is 13.2 Å². The van der Waals surface area contributed by atoms with Gasteiger partial charge in [0, 0.05) is 0 Å². The van der Waals surface area contributed by atoms with Crippen LogP contribution in [0.25, 0.3) is 5.76 Å². The summed E-state index contributed by atoms with van der Waals surface area (Å²) < 4.78 is 35.5. The van der Waals surface area contributed by atoms with Gasteiger partial charge in [0.05, 0.1) is 4.88 Å². The summed E-state index contributed by atoms with van der Waals surface area (Å²) >= 11 is 1.09. The normalized spacial score (nSPS) is 15.6. The third-order valence-corrected chi connectivity index (χ3v) is 2.32. The highest BCUT2D eigenvalue weighted by Gasteiger charge is 2.37. The molecule has 0 fully saturated rings. The number of aliphatic hydroxyl groups excluding tert-OH is 2. The van der Waals surface area contributed by atoms with Gasteiger partial charge in [0.25, 0.3) is 0 Å². The smallest absolute Gasteiger partial charge is 0.418 e. The molecule has 0 spiro atoms. The molecule has 14 heavy (non-hydrogen) atoms. The van der Waals surface area contributed by atoms with E-state index >= 15 is 0 Å². The van der Waals surface area contributed by atoms with Crippen LogP contribution in [0.5, 0.6) is 0 Å².